The lowest BCUT2D eigenvalue weighted by atomic mass is 10.1. The van der Waals surface area contributed by atoms with Gasteiger partial charge in [-0.05, 0) is 24.6 Å². The van der Waals surface area contributed by atoms with Gasteiger partial charge in [0.1, 0.15) is 6.04 Å². The summed E-state index contributed by atoms with van der Waals surface area (Å²) >= 11 is 23.3. The van der Waals surface area contributed by atoms with E-state index >= 15 is 0 Å². The Morgan fingerprint density at radius 1 is 1.33 bits per heavy atom. The van der Waals surface area contributed by atoms with Gasteiger partial charge in [-0.15, -0.1) is 0 Å². The third kappa shape index (κ3) is 4.73. The van der Waals surface area contributed by atoms with Crippen LogP contribution in [0, 0.1) is 0 Å². The average Bonchev–Trinajstić information content (AvgIpc) is 2.26. The van der Waals surface area contributed by atoms with Crippen molar-refractivity contribution in [3.8, 4) is 0 Å². The summed E-state index contributed by atoms with van der Waals surface area (Å²) in [6, 6.07) is 5.81. The first kappa shape index (κ1) is 15.7. The van der Waals surface area contributed by atoms with Crippen molar-refractivity contribution in [1.29, 1.82) is 0 Å². The number of halogens is 4. The number of alkyl carbamates (subject to hydrolysis) is 1. The molecule has 1 aromatic rings. The van der Waals surface area contributed by atoms with Crippen molar-refractivity contribution in [3.05, 3.63) is 34.9 Å². The van der Waals surface area contributed by atoms with Crippen LogP contribution in [0.1, 0.15) is 18.5 Å². The Balaban J connectivity index is 2.92. The lowest BCUT2D eigenvalue weighted by Gasteiger charge is -2.25. The topological polar surface area (TPSA) is 38.3 Å². The minimum atomic E-state index is -1.69. The van der Waals surface area contributed by atoms with Crippen LogP contribution < -0.4 is 5.32 Å². The molecule has 0 heterocycles. The molecule has 1 N–H and O–H groups in total. The van der Waals surface area contributed by atoms with E-state index < -0.39 is 15.9 Å². The van der Waals surface area contributed by atoms with Gasteiger partial charge in [-0.2, -0.15) is 0 Å². The molecule has 0 aromatic heterocycles. The van der Waals surface area contributed by atoms with Crippen molar-refractivity contribution in [3.63, 3.8) is 0 Å². The van der Waals surface area contributed by atoms with Crippen LogP contribution in [0.15, 0.2) is 24.3 Å². The predicted molar refractivity (Wildman–Crippen MR) is 74.6 cm³/mol. The number of alkyl halides is 3. The molecule has 100 valence electrons. The molecule has 0 saturated heterocycles. The van der Waals surface area contributed by atoms with Crippen LogP contribution in [0.3, 0.4) is 0 Å². The van der Waals surface area contributed by atoms with Gasteiger partial charge in [0.25, 0.3) is 0 Å². The number of rotatable bonds is 3. The highest BCUT2D eigenvalue weighted by molar-refractivity contribution is 6.68. The molecule has 18 heavy (non-hydrogen) atoms. The smallest absolute Gasteiger partial charge is 0.407 e. The number of ether oxygens (including phenoxy) is 1. The lowest BCUT2D eigenvalue weighted by molar-refractivity contribution is 0.148. The summed E-state index contributed by atoms with van der Waals surface area (Å²) in [6.07, 6.45) is -0.649. The fourth-order valence-corrected chi connectivity index (χ4v) is 1.97. The second kappa shape index (κ2) is 6.71. The van der Waals surface area contributed by atoms with Crippen LogP contribution in [-0.4, -0.2) is 16.5 Å². The van der Waals surface area contributed by atoms with Crippen molar-refractivity contribution < 1.29 is 9.53 Å². The van der Waals surface area contributed by atoms with E-state index in [-0.39, 0.29) is 6.61 Å². The van der Waals surface area contributed by atoms with E-state index in [4.69, 9.17) is 51.1 Å². The van der Waals surface area contributed by atoms with Gasteiger partial charge in [0, 0.05) is 5.02 Å². The standard InChI is InChI=1S/C11H11Cl4NO2/c1-2-18-10(17)16-9(11(13,14)15)7-3-5-8(12)6-4-7/h3-6,9H,2H2,1H3,(H,16,17). The molecule has 0 aliphatic heterocycles. The Morgan fingerprint density at radius 2 is 1.89 bits per heavy atom. The highest BCUT2D eigenvalue weighted by Gasteiger charge is 2.35. The maximum atomic E-state index is 11.4. The fourth-order valence-electron chi connectivity index (χ4n) is 1.30. The molecule has 0 aliphatic carbocycles. The minimum Gasteiger partial charge on any atom is -0.450 e. The normalized spacial score (nSPS) is 12.9. The molecule has 0 fully saturated rings. The van der Waals surface area contributed by atoms with Gasteiger partial charge >= 0.3 is 6.09 Å². The number of nitrogens with one attached hydrogen (secondary N) is 1. The molecular weight excluding hydrogens is 320 g/mol. The van der Waals surface area contributed by atoms with Gasteiger partial charge in [-0.1, -0.05) is 58.5 Å². The van der Waals surface area contributed by atoms with Crippen LogP contribution in [0.4, 0.5) is 4.79 Å². The molecule has 0 spiro atoms. The summed E-state index contributed by atoms with van der Waals surface area (Å²) in [5, 5.41) is 3.05. The maximum Gasteiger partial charge on any atom is 0.407 e. The van der Waals surface area contributed by atoms with Gasteiger partial charge in [0.15, 0.2) is 0 Å². The summed E-state index contributed by atoms with van der Waals surface area (Å²) in [4.78, 5) is 11.4. The molecule has 1 rings (SSSR count). The number of carbonyl (C=O) groups is 1. The zero-order chi connectivity index (χ0) is 13.8. The molecular formula is C11H11Cl4NO2. The largest absolute Gasteiger partial charge is 0.450 e. The lowest BCUT2D eigenvalue weighted by Crippen LogP contribution is -2.36. The highest BCUT2D eigenvalue weighted by Crippen LogP contribution is 2.40. The quantitative estimate of drug-likeness (QED) is 0.829. The maximum absolute atomic E-state index is 11.4. The summed E-state index contributed by atoms with van der Waals surface area (Å²) in [5.41, 5.74) is 0.618. The molecule has 0 saturated carbocycles. The van der Waals surface area contributed by atoms with Gasteiger partial charge in [0.05, 0.1) is 6.61 Å². The molecule has 1 aromatic carbocycles. The minimum absolute atomic E-state index is 0.235. The Labute approximate surface area is 125 Å². The first-order valence-corrected chi connectivity index (χ1v) is 6.61. The van der Waals surface area contributed by atoms with E-state index in [2.05, 4.69) is 5.32 Å². The number of hydrogen-bond donors (Lipinski definition) is 1. The monoisotopic (exact) mass is 329 g/mol. The van der Waals surface area contributed by atoms with Crippen molar-refractivity contribution in [2.75, 3.05) is 6.61 Å². The van der Waals surface area contributed by atoms with E-state index in [1.165, 1.54) is 0 Å². The second-order valence-corrected chi connectivity index (χ2v) is 6.20. The molecule has 1 unspecified atom stereocenters. The van der Waals surface area contributed by atoms with Crippen molar-refractivity contribution in [2.45, 2.75) is 16.8 Å². The summed E-state index contributed by atoms with van der Waals surface area (Å²) < 4.78 is 3.07. The molecule has 7 heteroatoms. The number of benzene rings is 1. The Kier molecular flexibility index (Phi) is 5.86. The fraction of sp³-hybridized carbons (Fsp3) is 0.364. The zero-order valence-electron chi connectivity index (χ0n) is 9.42. The van der Waals surface area contributed by atoms with E-state index in [9.17, 15) is 4.79 Å². The molecule has 0 bridgehead atoms. The van der Waals surface area contributed by atoms with E-state index in [0.29, 0.717) is 10.6 Å². The highest BCUT2D eigenvalue weighted by atomic mass is 35.6. The Morgan fingerprint density at radius 3 is 2.33 bits per heavy atom. The van der Waals surface area contributed by atoms with Crippen LogP contribution in [0.2, 0.25) is 5.02 Å². The molecule has 3 nitrogen and oxygen atoms in total. The summed E-state index contributed by atoms with van der Waals surface area (Å²) in [6.45, 7) is 1.92. The van der Waals surface area contributed by atoms with E-state index in [1.54, 1.807) is 31.2 Å². The zero-order valence-corrected chi connectivity index (χ0v) is 12.4. The van der Waals surface area contributed by atoms with Crippen molar-refractivity contribution in [2.24, 2.45) is 0 Å². The second-order valence-electron chi connectivity index (χ2n) is 3.39. The predicted octanol–water partition coefficient (Wildman–Crippen LogP) is 4.50. The number of amides is 1. The van der Waals surface area contributed by atoms with Crippen molar-refractivity contribution in [1.82, 2.24) is 5.32 Å². The summed E-state index contributed by atoms with van der Waals surface area (Å²) in [7, 11) is 0. The summed E-state index contributed by atoms with van der Waals surface area (Å²) in [5.74, 6) is 0. The third-order valence-corrected chi connectivity index (χ3v) is 2.97. The molecule has 0 radical (unpaired) electrons. The van der Waals surface area contributed by atoms with Crippen LogP contribution in [-0.2, 0) is 4.74 Å². The number of hydrogen-bond acceptors (Lipinski definition) is 2. The Bertz CT molecular complexity index is 402. The first-order valence-electron chi connectivity index (χ1n) is 5.10. The molecule has 0 aliphatic rings. The van der Waals surface area contributed by atoms with Gasteiger partial charge in [-0.25, -0.2) is 4.79 Å². The van der Waals surface area contributed by atoms with E-state index in [1.807, 2.05) is 0 Å². The van der Waals surface area contributed by atoms with Gasteiger partial charge in [-0.3, -0.25) is 0 Å². The van der Waals surface area contributed by atoms with Gasteiger partial charge in [0.2, 0.25) is 3.79 Å². The van der Waals surface area contributed by atoms with Crippen LogP contribution in [0.5, 0.6) is 0 Å². The van der Waals surface area contributed by atoms with Crippen LogP contribution in [0.25, 0.3) is 0 Å². The SMILES string of the molecule is CCOC(=O)NC(c1ccc(Cl)cc1)C(Cl)(Cl)Cl. The number of carbonyl (C=O) groups excluding carboxylic acids is 1. The Hall–Kier alpha value is -0.350. The first-order chi connectivity index (χ1) is 8.34. The molecule has 1 amide bonds. The average molecular weight is 331 g/mol. The van der Waals surface area contributed by atoms with Gasteiger partial charge < -0.3 is 10.1 Å². The molecule has 1 atom stereocenters. The van der Waals surface area contributed by atoms with E-state index in [0.717, 1.165) is 0 Å². The third-order valence-electron chi connectivity index (χ3n) is 2.07. The van der Waals surface area contributed by atoms with Crippen LogP contribution >= 0.6 is 46.4 Å². The van der Waals surface area contributed by atoms with Crippen molar-refractivity contribution >= 4 is 52.5 Å².